The first-order valence-corrected chi connectivity index (χ1v) is 6.06. The van der Waals surface area contributed by atoms with Crippen molar-refractivity contribution in [3.05, 3.63) is 0 Å². The van der Waals surface area contributed by atoms with Crippen molar-refractivity contribution in [1.29, 1.82) is 0 Å². The van der Waals surface area contributed by atoms with E-state index in [1.54, 1.807) is 0 Å². The second-order valence-electron chi connectivity index (χ2n) is 4.49. The molecule has 2 aliphatic heterocycles. The average Bonchev–Trinajstić information content (AvgIpc) is 2.88. The van der Waals surface area contributed by atoms with Gasteiger partial charge in [-0.1, -0.05) is 0 Å². The van der Waals surface area contributed by atoms with E-state index in [-0.39, 0.29) is 0 Å². The van der Waals surface area contributed by atoms with Crippen LogP contribution >= 0.6 is 0 Å². The normalized spacial score (nSPS) is 36.2. The minimum atomic E-state index is 0.291. The molecule has 2 rings (SSSR count). The summed E-state index contributed by atoms with van der Waals surface area (Å²) >= 11 is 0. The Balaban J connectivity index is 1.54. The van der Waals surface area contributed by atoms with Gasteiger partial charge in [-0.25, -0.2) is 0 Å². The zero-order valence-electron chi connectivity index (χ0n) is 9.28. The van der Waals surface area contributed by atoms with Gasteiger partial charge in [-0.3, -0.25) is 0 Å². The summed E-state index contributed by atoms with van der Waals surface area (Å²) in [6, 6.07) is 0. The van der Waals surface area contributed by atoms with Gasteiger partial charge >= 0.3 is 0 Å². The summed E-state index contributed by atoms with van der Waals surface area (Å²) in [5.74, 6) is 0. The summed E-state index contributed by atoms with van der Waals surface area (Å²) in [5, 5.41) is 3.42. The van der Waals surface area contributed by atoms with E-state index >= 15 is 0 Å². The van der Waals surface area contributed by atoms with Gasteiger partial charge in [0, 0.05) is 26.2 Å². The van der Waals surface area contributed by atoms with Crippen LogP contribution in [0.15, 0.2) is 0 Å². The summed E-state index contributed by atoms with van der Waals surface area (Å²) in [6.45, 7) is 3.49. The topological polar surface area (TPSA) is 56.5 Å². The van der Waals surface area contributed by atoms with Crippen molar-refractivity contribution in [3.8, 4) is 0 Å². The minimum absolute atomic E-state index is 0.291. The van der Waals surface area contributed by atoms with Crippen LogP contribution in [0, 0.1) is 0 Å². The number of ether oxygens (including phenoxy) is 2. The van der Waals surface area contributed by atoms with Crippen LogP contribution < -0.4 is 11.1 Å². The highest BCUT2D eigenvalue weighted by Gasteiger charge is 2.24. The monoisotopic (exact) mass is 214 g/mol. The fraction of sp³-hybridized carbons (Fsp3) is 1.00. The van der Waals surface area contributed by atoms with Gasteiger partial charge < -0.3 is 20.5 Å². The average molecular weight is 214 g/mol. The standard InChI is InChI=1S/C11H22N2O2/c12-6-9-3-4-11(15-9)8-13-7-10-2-1-5-14-10/h9-11,13H,1-8,12H2. The SMILES string of the molecule is NCC1CCC(CNCC2CCCO2)O1. The smallest absolute Gasteiger partial charge is 0.0704 e. The van der Waals surface area contributed by atoms with Gasteiger partial charge in [0.25, 0.3) is 0 Å². The van der Waals surface area contributed by atoms with Crippen molar-refractivity contribution in [3.63, 3.8) is 0 Å². The molecule has 3 unspecified atom stereocenters. The van der Waals surface area contributed by atoms with Gasteiger partial charge in [0.05, 0.1) is 18.3 Å². The Bertz CT molecular complexity index is 183. The van der Waals surface area contributed by atoms with Crippen LogP contribution in [0.4, 0.5) is 0 Å². The van der Waals surface area contributed by atoms with Gasteiger partial charge in [-0.2, -0.15) is 0 Å². The van der Waals surface area contributed by atoms with Crippen LogP contribution in [0.1, 0.15) is 25.7 Å². The molecule has 0 aliphatic carbocycles. The van der Waals surface area contributed by atoms with Crippen molar-refractivity contribution in [2.24, 2.45) is 5.73 Å². The Hall–Kier alpha value is -0.160. The number of nitrogens with two attached hydrogens (primary N) is 1. The molecule has 0 aromatic heterocycles. The summed E-state index contributed by atoms with van der Waals surface area (Å²) in [7, 11) is 0. The van der Waals surface area contributed by atoms with Crippen LogP contribution in [0.5, 0.6) is 0 Å². The number of hydrogen-bond donors (Lipinski definition) is 2. The van der Waals surface area contributed by atoms with Crippen molar-refractivity contribution < 1.29 is 9.47 Å². The van der Waals surface area contributed by atoms with Crippen LogP contribution in [-0.4, -0.2) is 44.6 Å². The third-order valence-corrected chi connectivity index (χ3v) is 3.23. The number of nitrogens with one attached hydrogen (secondary N) is 1. The first-order valence-electron chi connectivity index (χ1n) is 6.06. The molecule has 0 saturated carbocycles. The molecule has 0 aromatic carbocycles. The zero-order valence-corrected chi connectivity index (χ0v) is 9.28. The van der Waals surface area contributed by atoms with E-state index in [1.165, 1.54) is 12.8 Å². The van der Waals surface area contributed by atoms with Crippen molar-refractivity contribution in [2.75, 3.05) is 26.2 Å². The lowest BCUT2D eigenvalue weighted by Crippen LogP contribution is -2.33. The van der Waals surface area contributed by atoms with Gasteiger partial charge in [-0.05, 0) is 25.7 Å². The lowest BCUT2D eigenvalue weighted by molar-refractivity contribution is 0.0466. The van der Waals surface area contributed by atoms with Gasteiger partial charge in [0.15, 0.2) is 0 Å². The lowest BCUT2D eigenvalue weighted by Gasteiger charge is -2.15. The fourth-order valence-corrected chi connectivity index (χ4v) is 2.31. The van der Waals surface area contributed by atoms with Crippen molar-refractivity contribution in [1.82, 2.24) is 5.32 Å². The molecule has 2 fully saturated rings. The second-order valence-corrected chi connectivity index (χ2v) is 4.49. The molecule has 2 aliphatic rings. The first-order chi connectivity index (χ1) is 7.38. The van der Waals surface area contributed by atoms with Crippen LogP contribution in [0.2, 0.25) is 0 Å². The second kappa shape index (κ2) is 5.80. The molecule has 15 heavy (non-hydrogen) atoms. The van der Waals surface area contributed by atoms with Gasteiger partial charge in [0.1, 0.15) is 0 Å². The lowest BCUT2D eigenvalue weighted by atomic mass is 10.2. The summed E-state index contributed by atoms with van der Waals surface area (Å²) in [4.78, 5) is 0. The molecule has 2 saturated heterocycles. The minimum Gasteiger partial charge on any atom is -0.377 e. The number of hydrogen-bond acceptors (Lipinski definition) is 4. The first kappa shape index (κ1) is 11.3. The molecule has 0 spiro atoms. The molecule has 88 valence electrons. The molecule has 0 bridgehead atoms. The van der Waals surface area contributed by atoms with Crippen molar-refractivity contribution in [2.45, 2.75) is 44.0 Å². The maximum absolute atomic E-state index is 5.75. The van der Waals surface area contributed by atoms with Crippen LogP contribution in [0.3, 0.4) is 0 Å². The predicted octanol–water partition coefficient (Wildman–Crippen LogP) is 0.261. The van der Waals surface area contributed by atoms with E-state index in [0.717, 1.165) is 32.5 Å². The van der Waals surface area contributed by atoms with E-state index < -0.39 is 0 Å². The van der Waals surface area contributed by atoms with Crippen molar-refractivity contribution >= 4 is 0 Å². The molecule has 3 N–H and O–H groups in total. The zero-order chi connectivity index (χ0) is 10.5. The molecule has 4 heteroatoms. The summed E-state index contributed by atoms with van der Waals surface area (Å²) in [6.07, 6.45) is 5.74. The predicted molar refractivity (Wildman–Crippen MR) is 58.8 cm³/mol. The molecule has 0 amide bonds. The van der Waals surface area contributed by atoms with Gasteiger partial charge in [-0.15, -0.1) is 0 Å². The molecule has 2 heterocycles. The van der Waals surface area contributed by atoms with Crippen LogP contribution in [0.25, 0.3) is 0 Å². The highest BCUT2D eigenvalue weighted by Crippen LogP contribution is 2.18. The third kappa shape index (κ3) is 3.41. The Morgan fingerprint density at radius 2 is 1.87 bits per heavy atom. The molecule has 3 atom stereocenters. The van der Waals surface area contributed by atoms with Gasteiger partial charge in [0.2, 0.25) is 0 Å². The Labute approximate surface area is 91.5 Å². The van der Waals surface area contributed by atoms with E-state index in [1.807, 2.05) is 0 Å². The fourth-order valence-electron chi connectivity index (χ4n) is 2.31. The van der Waals surface area contributed by atoms with E-state index in [0.29, 0.717) is 24.9 Å². The molecular weight excluding hydrogens is 192 g/mol. The molecule has 0 radical (unpaired) electrons. The summed E-state index contributed by atoms with van der Waals surface area (Å²) in [5.41, 5.74) is 5.56. The maximum Gasteiger partial charge on any atom is 0.0704 e. The van der Waals surface area contributed by atoms with E-state index in [9.17, 15) is 0 Å². The van der Waals surface area contributed by atoms with Crippen LogP contribution in [-0.2, 0) is 9.47 Å². The molecular formula is C11H22N2O2. The Morgan fingerprint density at radius 3 is 2.53 bits per heavy atom. The molecule has 0 aromatic rings. The van der Waals surface area contributed by atoms with E-state index in [4.69, 9.17) is 15.2 Å². The Morgan fingerprint density at radius 1 is 1.07 bits per heavy atom. The highest BCUT2D eigenvalue weighted by molar-refractivity contribution is 4.77. The van der Waals surface area contributed by atoms with E-state index in [2.05, 4.69) is 5.32 Å². The quantitative estimate of drug-likeness (QED) is 0.689. The number of rotatable bonds is 5. The Kier molecular flexibility index (Phi) is 4.38. The highest BCUT2D eigenvalue weighted by atomic mass is 16.5. The molecule has 4 nitrogen and oxygen atoms in total. The summed E-state index contributed by atoms with van der Waals surface area (Å²) < 4.78 is 11.3. The maximum atomic E-state index is 5.75. The third-order valence-electron chi connectivity index (χ3n) is 3.23. The largest absolute Gasteiger partial charge is 0.377 e.